The number of aromatic carboxylic acids is 1. The van der Waals surface area contributed by atoms with Gasteiger partial charge in [-0.25, -0.2) is 9.00 Å². The maximum atomic E-state index is 12.7. The lowest BCUT2D eigenvalue weighted by atomic mass is 10.0. The van der Waals surface area contributed by atoms with E-state index in [4.69, 9.17) is 14.6 Å². The van der Waals surface area contributed by atoms with Crippen molar-refractivity contribution >= 4 is 22.6 Å². The summed E-state index contributed by atoms with van der Waals surface area (Å²) in [7, 11) is -1.42. The van der Waals surface area contributed by atoms with Gasteiger partial charge >= 0.3 is 5.97 Å². The van der Waals surface area contributed by atoms with Gasteiger partial charge in [-0.2, -0.15) is 0 Å². The molecule has 0 aromatic heterocycles. The van der Waals surface area contributed by atoms with Gasteiger partial charge in [0.15, 0.2) is 5.78 Å². The van der Waals surface area contributed by atoms with Crippen LogP contribution in [-0.2, 0) is 17.2 Å². The molecule has 1 atom stereocenters. The first kappa shape index (κ1) is 26.9. The molecular weight excluding hydrogens is 480 g/mol. The lowest BCUT2D eigenvalue weighted by Gasteiger charge is -2.14. The van der Waals surface area contributed by atoms with Crippen LogP contribution in [0.25, 0.3) is 0 Å². The Kier molecular flexibility index (Phi) is 9.64. The van der Waals surface area contributed by atoms with Crippen molar-refractivity contribution in [2.75, 3.05) is 13.2 Å². The number of benzene rings is 3. The summed E-state index contributed by atoms with van der Waals surface area (Å²) < 4.78 is 24.3. The summed E-state index contributed by atoms with van der Waals surface area (Å²) in [6.07, 6.45) is 2.95. The molecule has 190 valence electrons. The number of hydrogen-bond acceptors (Lipinski definition) is 6. The molecule has 36 heavy (non-hydrogen) atoms. The SMILES string of the molecule is CCCc1c(OCCCCOc2ccc(S(=O)c3ccc(C(=O)O)cc3)cc2)ccc(C(C)=O)c1O. The first-order valence-electron chi connectivity index (χ1n) is 11.8. The number of carboxylic acids is 1. The number of phenolic OH excluding ortho intramolecular Hbond substituents is 1. The van der Waals surface area contributed by atoms with Gasteiger partial charge in [0.2, 0.25) is 0 Å². The molecule has 0 spiro atoms. The maximum absolute atomic E-state index is 12.7. The Morgan fingerprint density at radius 3 is 2.00 bits per heavy atom. The highest BCUT2D eigenvalue weighted by Gasteiger charge is 2.16. The van der Waals surface area contributed by atoms with Crippen molar-refractivity contribution < 1.29 is 33.5 Å². The number of phenols is 1. The molecular formula is C28H30O7S. The second-order valence-electron chi connectivity index (χ2n) is 8.22. The van der Waals surface area contributed by atoms with Crippen LogP contribution in [0.5, 0.6) is 17.2 Å². The molecule has 0 saturated carbocycles. The van der Waals surface area contributed by atoms with E-state index in [1.54, 1.807) is 48.5 Å². The number of carboxylic acid groups (broad SMARTS) is 1. The lowest BCUT2D eigenvalue weighted by molar-refractivity contribution is 0.0696. The monoisotopic (exact) mass is 510 g/mol. The molecule has 7 nitrogen and oxygen atoms in total. The predicted octanol–water partition coefficient (Wildman–Crippen LogP) is 5.65. The zero-order valence-corrected chi connectivity index (χ0v) is 21.2. The Morgan fingerprint density at radius 1 is 0.861 bits per heavy atom. The number of rotatable bonds is 13. The average molecular weight is 511 g/mol. The highest BCUT2D eigenvalue weighted by Crippen LogP contribution is 2.33. The van der Waals surface area contributed by atoms with Crippen LogP contribution in [0.3, 0.4) is 0 Å². The number of aromatic hydroxyl groups is 1. The molecule has 3 aromatic rings. The molecule has 2 N–H and O–H groups in total. The fourth-order valence-corrected chi connectivity index (χ4v) is 4.66. The van der Waals surface area contributed by atoms with Gasteiger partial charge in [-0.3, -0.25) is 4.79 Å². The predicted molar refractivity (Wildman–Crippen MR) is 137 cm³/mol. The van der Waals surface area contributed by atoms with E-state index in [0.29, 0.717) is 52.1 Å². The molecule has 3 rings (SSSR count). The molecule has 0 aliphatic rings. The van der Waals surface area contributed by atoms with Gasteiger partial charge < -0.3 is 19.7 Å². The van der Waals surface area contributed by atoms with Gasteiger partial charge in [-0.1, -0.05) is 13.3 Å². The second kappa shape index (κ2) is 12.9. The summed E-state index contributed by atoms with van der Waals surface area (Å²) in [5.41, 5.74) is 1.12. The summed E-state index contributed by atoms with van der Waals surface area (Å²) in [6.45, 7) is 4.37. The highest BCUT2D eigenvalue weighted by atomic mass is 32.2. The average Bonchev–Trinajstić information content (AvgIpc) is 2.87. The third-order valence-corrected chi connectivity index (χ3v) is 6.94. The lowest BCUT2D eigenvalue weighted by Crippen LogP contribution is -2.05. The Bertz CT molecular complexity index is 1220. The third kappa shape index (κ3) is 6.95. The van der Waals surface area contributed by atoms with Crippen LogP contribution in [0.2, 0.25) is 0 Å². The highest BCUT2D eigenvalue weighted by molar-refractivity contribution is 7.85. The molecule has 1 unspecified atom stereocenters. The Morgan fingerprint density at radius 2 is 1.44 bits per heavy atom. The van der Waals surface area contributed by atoms with E-state index in [9.17, 15) is 18.9 Å². The van der Waals surface area contributed by atoms with Crippen molar-refractivity contribution in [2.24, 2.45) is 0 Å². The molecule has 0 aliphatic carbocycles. The van der Waals surface area contributed by atoms with Crippen molar-refractivity contribution in [2.45, 2.75) is 49.3 Å². The Labute approximate surface area is 213 Å². The normalized spacial score (nSPS) is 11.6. The number of unbranched alkanes of at least 4 members (excludes halogenated alkanes) is 1. The van der Waals surface area contributed by atoms with E-state index in [1.165, 1.54) is 19.1 Å². The first-order chi connectivity index (χ1) is 17.3. The van der Waals surface area contributed by atoms with Crippen molar-refractivity contribution in [3.05, 3.63) is 77.4 Å². The minimum atomic E-state index is -1.42. The van der Waals surface area contributed by atoms with Gasteiger partial charge in [0.25, 0.3) is 0 Å². The van der Waals surface area contributed by atoms with Gasteiger partial charge in [-0.05, 0) is 86.8 Å². The molecule has 0 heterocycles. The minimum Gasteiger partial charge on any atom is -0.507 e. The fraction of sp³-hybridized carbons (Fsp3) is 0.286. The minimum absolute atomic E-state index is 0.00633. The van der Waals surface area contributed by atoms with Crippen LogP contribution in [0.1, 0.15) is 59.4 Å². The quantitative estimate of drug-likeness (QED) is 0.226. The smallest absolute Gasteiger partial charge is 0.335 e. The van der Waals surface area contributed by atoms with Crippen LogP contribution in [-0.4, -0.2) is 39.4 Å². The third-order valence-electron chi connectivity index (χ3n) is 5.54. The fourth-order valence-electron chi connectivity index (χ4n) is 3.62. The summed E-state index contributed by atoms with van der Waals surface area (Å²) in [5.74, 6) is 0.0626. The van der Waals surface area contributed by atoms with Crippen LogP contribution >= 0.6 is 0 Å². The van der Waals surface area contributed by atoms with Crippen LogP contribution in [0.15, 0.2) is 70.5 Å². The molecule has 0 fully saturated rings. The van der Waals surface area contributed by atoms with Crippen molar-refractivity contribution in [1.82, 2.24) is 0 Å². The number of hydrogen-bond donors (Lipinski definition) is 2. The van der Waals surface area contributed by atoms with Crippen LogP contribution in [0.4, 0.5) is 0 Å². The zero-order valence-electron chi connectivity index (χ0n) is 20.4. The van der Waals surface area contributed by atoms with Gasteiger partial charge in [0.05, 0.1) is 35.1 Å². The second-order valence-corrected chi connectivity index (χ2v) is 9.70. The molecule has 3 aromatic carbocycles. The van der Waals surface area contributed by atoms with Gasteiger partial charge in [-0.15, -0.1) is 0 Å². The summed E-state index contributed by atoms with van der Waals surface area (Å²) >= 11 is 0. The Hall–Kier alpha value is -3.65. The number of ether oxygens (including phenoxy) is 2. The molecule has 8 heteroatoms. The van der Waals surface area contributed by atoms with Crippen molar-refractivity contribution in [1.29, 1.82) is 0 Å². The van der Waals surface area contributed by atoms with Gasteiger partial charge in [0.1, 0.15) is 17.2 Å². The summed E-state index contributed by atoms with van der Waals surface area (Å²) in [6, 6.07) is 16.3. The number of Topliss-reactive ketones (excluding diaryl/α,β-unsaturated/α-hetero) is 1. The zero-order chi connectivity index (χ0) is 26.1. The van der Waals surface area contributed by atoms with E-state index >= 15 is 0 Å². The van der Waals surface area contributed by atoms with Crippen molar-refractivity contribution in [3.8, 4) is 17.2 Å². The van der Waals surface area contributed by atoms with Crippen molar-refractivity contribution in [3.63, 3.8) is 0 Å². The molecule has 0 aliphatic heterocycles. The summed E-state index contributed by atoms with van der Waals surface area (Å²) in [5, 5.41) is 19.4. The Balaban J connectivity index is 1.45. The van der Waals surface area contributed by atoms with E-state index in [-0.39, 0.29) is 17.1 Å². The van der Waals surface area contributed by atoms with Gasteiger partial charge in [0, 0.05) is 15.4 Å². The van der Waals surface area contributed by atoms with E-state index in [1.807, 2.05) is 6.92 Å². The standard InChI is InChI=1S/C28H30O7S/c1-3-6-25-26(16-15-24(19(2)29)27(25)30)35-18-5-4-17-34-21-9-13-23(14-10-21)36(33)22-11-7-20(8-12-22)28(31)32/h7-16,30H,3-6,17-18H2,1-2H3,(H,31,32). The topological polar surface area (TPSA) is 110 Å². The van der Waals surface area contributed by atoms with Crippen LogP contribution in [0, 0.1) is 0 Å². The number of carbonyl (C=O) groups is 2. The number of ketones is 1. The molecule has 0 bridgehead atoms. The molecule has 0 saturated heterocycles. The number of carbonyl (C=O) groups excluding carboxylic acids is 1. The molecule has 0 radical (unpaired) electrons. The van der Waals surface area contributed by atoms with E-state index < -0.39 is 16.8 Å². The molecule has 0 amide bonds. The maximum Gasteiger partial charge on any atom is 0.335 e. The van der Waals surface area contributed by atoms with Crippen LogP contribution < -0.4 is 9.47 Å². The van der Waals surface area contributed by atoms with E-state index in [2.05, 4.69) is 0 Å². The van der Waals surface area contributed by atoms with E-state index in [0.717, 1.165) is 19.3 Å². The summed E-state index contributed by atoms with van der Waals surface area (Å²) in [4.78, 5) is 23.8. The first-order valence-corrected chi connectivity index (χ1v) is 12.9. The largest absolute Gasteiger partial charge is 0.507 e.